The van der Waals surface area contributed by atoms with Crippen LogP contribution < -0.4 is 0 Å². The summed E-state index contributed by atoms with van der Waals surface area (Å²) < 4.78 is 2.69. The molecule has 0 aromatic heterocycles. The maximum atomic E-state index is 2.69. The van der Waals surface area contributed by atoms with Gasteiger partial charge in [0, 0.05) is 0 Å². The van der Waals surface area contributed by atoms with E-state index in [-0.39, 0.29) is 7.43 Å². The van der Waals surface area contributed by atoms with Crippen LogP contribution in [-0.2, 0) is 16.8 Å². The Balaban J connectivity index is 0. The third-order valence-electron chi connectivity index (χ3n) is 0. The molecule has 0 aromatic carbocycles. The van der Waals surface area contributed by atoms with Crippen LogP contribution in [-0.4, -0.2) is 0 Å². The van der Waals surface area contributed by atoms with E-state index in [1.807, 2.05) is 6.92 Å². The second-order valence-corrected chi connectivity index (χ2v) is 0.922. The van der Waals surface area contributed by atoms with Crippen LogP contribution in [0.15, 0.2) is 0 Å². The average Bonchev–Trinajstić information content (AvgIpc) is 0.918. The van der Waals surface area contributed by atoms with Gasteiger partial charge in [0.25, 0.3) is 0 Å². The molecule has 0 nitrogen and oxygen atoms in total. The van der Waals surface area contributed by atoms with E-state index in [9.17, 15) is 0 Å². The fourth-order valence-corrected chi connectivity index (χ4v) is 0. The molecule has 0 spiro atoms. The zero-order valence-corrected chi connectivity index (χ0v) is 4.34. The van der Waals surface area contributed by atoms with Crippen LogP contribution in [0.5, 0.6) is 0 Å². The SMILES string of the molecule is C[C]#[V+].[CH3-]. The van der Waals surface area contributed by atoms with Crippen molar-refractivity contribution in [2.45, 2.75) is 6.92 Å². The van der Waals surface area contributed by atoms with E-state index in [0.717, 1.165) is 0 Å². The van der Waals surface area contributed by atoms with Crippen molar-refractivity contribution in [3.05, 3.63) is 7.43 Å². The van der Waals surface area contributed by atoms with E-state index >= 15 is 0 Å². The fraction of sp³-hybridized carbons (Fsp3) is 0.333. The molecule has 0 saturated carbocycles. The molecule has 0 aliphatic carbocycles. The van der Waals surface area contributed by atoms with E-state index in [2.05, 4.69) is 21.3 Å². The van der Waals surface area contributed by atoms with Crippen LogP contribution in [0.3, 0.4) is 0 Å². The Labute approximate surface area is 36.3 Å². The molecule has 4 heavy (non-hydrogen) atoms. The minimum Gasteiger partial charge on any atom is -0.358 e. The van der Waals surface area contributed by atoms with Crippen molar-refractivity contribution >= 4 is 0 Å². The molecule has 0 rings (SSSR count). The molecule has 0 aliphatic heterocycles. The molecule has 0 aromatic rings. The van der Waals surface area contributed by atoms with Gasteiger partial charge in [-0.05, 0) is 0 Å². The normalized spacial score (nSPS) is 2.75. The average molecular weight is 93.0 g/mol. The van der Waals surface area contributed by atoms with Crippen LogP contribution >= 0.6 is 0 Å². The van der Waals surface area contributed by atoms with Crippen LogP contribution in [0.25, 0.3) is 0 Å². The van der Waals surface area contributed by atoms with Crippen molar-refractivity contribution in [2.24, 2.45) is 0 Å². The van der Waals surface area contributed by atoms with Gasteiger partial charge in [-0.25, -0.2) is 0 Å². The maximum Gasteiger partial charge on any atom is -0.358 e. The Bertz CT molecular complexity index is 24.8. The first-order chi connectivity index (χ1) is 1.41. The molecule has 0 heterocycles. The van der Waals surface area contributed by atoms with E-state index in [4.69, 9.17) is 0 Å². The third kappa shape index (κ3) is 33.1. The van der Waals surface area contributed by atoms with Crippen molar-refractivity contribution < 1.29 is 16.8 Å². The summed E-state index contributed by atoms with van der Waals surface area (Å²) in [5.41, 5.74) is 0. The number of hydrogen-bond donors (Lipinski definition) is 0. The van der Waals surface area contributed by atoms with Crippen LogP contribution in [0, 0.1) is 12.0 Å². The van der Waals surface area contributed by atoms with Crippen LogP contribution in [0.4, 0.5) is 0 Å². The first-order valence-electron chi connectivity index (χ1n) is 0.724. The summed E-state index contributed by atoms with van der Waals surface area (Å²) in [5, 5.41) is 0. The summed E-state index contributed by atoms with van der Waals surface area (Å²) in [6.45, 7) is 1.85. The molecule has 1 heteroatoms. The summed E-state index contributed by atoms with van der Waals surface area (Å²) in [5.74, 6) is 0. The summed E-state index contributed by atoms with van der Waals surface area (Å²) >= 11 is 2.22. The predicted octanol–water partition coefficient (Wildman–Crippen LogP) is 0.963. The maximum absolute atomic E-state index is 2.69. The van der Waals surface area contributed by atoms with E-state index in [0.29, 0.717) is 0 Å². The number of rotatable bonds is 0. The molecule has 0 fully saturated rings. The van der Waals surface area contributed by atoms with E-state index < -0.39 is 0 Å². The van der Waals surface area contributed by atoms with Crippen molar-refractivity contribution in [1.82, 2.24) is 0 Å². The van der Waals surface area contributed by atoms with Crippen molar-refractivity contribution in [3.63, 3.8) is 0 Å². The first-order valence-corrected chi connectivity index (χ1v) is 1.42. The molecule has 0 N–H and O–H groups in total. The van der Waals surface area contributed by atoms with Gasteiger partial charge in [-0.2, -0.15) is 0 Å². The van der Waals surface area contributed by atoms with Gasteiger partial charge in [0.1, 0.15) is 0 Å². The summed E-state index contributed by atoms with van der Waals surface area (Å²) in [7, 11) is 0. The van der Waals surface area contributed by atoms with Crippen LogP contribution in [0.2, 0.25) is 0 Å². The Morgan fingerprint density at radius 2 is 1.75 bits per heavy atom. The third-order valence-corrected chi connectivity index (χ3v) is 0. The van der Waals surface area contributed by atoms with Gasteiger partial charge in [0.15, 0.2) is 0 Å². The Morgan fingerprint density at radius 3 is 1.75 bits per heavy atom. The predicted molar refractivity (Wildman–Crippen MR) is 16.0 cm³/mol. The first kappa shape index (κ1) is 8.84. The molecular formula is C3H6V. The zero-order chi connectivity index (χ0) is 2.71. The minimum absolute atomic E-state index is 0. The van der Waals surface area contributed by atoms with E-state index in [1.165, 1.54) is 0 Å². The molecule has 0 saturated heterocycles. The molecule has 0 aliphatic rings. The van der Waals surface area contributed by atoms with Gasteiger partial charge >= 0.3 is 28.2 Å². The van der Waals surface area contributed by atoms with Crippen molar-refractivity contribution in [1.29, 1.82) is 0 Å². The van der Waals surface area contributed by atoms with Gasteiger partial charge in [0.2, 0.25) is 0 Å². The van der Waals surface area contributed by atoms with Gasteiger partial charge in [-0.1, -0.05) is 0 Å². The second-order valence-electron chi connectivity index (χ2n) is 0.224. The summed E-state index contributed by atoms with van der Waals surface area (Å²) in [6.07, 6.45) is 0. The van der Waals surface area contributed by atoms with Crippen LogP contribution in [0.1, 0.15) is 6.92 Å². The fourth-order valence-electron chi connectivity index (χ4n) is 0. The monoisotopic (exact) mass is 93.0 g/mol. The summed E-state index contributed by atoms with van der Waals surface area (Å²) in [4.78, 5) is 0. The standard InChI is InChI=1S/C2H3.CH3.V/c1-2;;/h1H3;1H3;/q;-1;+1. The van der Waals surface area contributed by atoms with Crippen molar-refractivity contribution in [2.75, 3.05) is 0 Å². The quantitative estimate of drug-likeness (QED) is 0.391. The Morgan fingerprint density at radius 1 is 1.75 bits per heavy atom. The Hall–Kier alpha value is 0.364. The van der Waals surface area contributed by atoms with E-state index in [1.54, 1.807) is 0 Å². The smallest absolute Gasteiger partial charge is 0.358 e. The summed E-state index contributed by atoms with van der Waals surface area (Å²) in [6, 6.07) is 0. The van der Waals surface area contributed by atoms with Gasteiger partial charge < -0.3 is 7.43 Å². The molecular weight excluding hydrogens is 87.0 g/mol. The Kier molecular flexibility index (Phi) is 22.3. The minimum atomic E-state index is 0. The topological polar surface area (TPSA) is 0 Å². The molecule has 0 atom stereocenters. The second kappa shape index (κ2) is 10.1. The zero-order valence-electron chi connectivity index (χ0n) is 2.95. The van der Waals surface area contributed by atoms with Gasteiger partial charge in [-0.15, -0.1) is 0 Å². The largest absolute Gasteiger partial charge is 0.358 e. The molecule has 23 valence electrons. The molecule has 0 amide bonds. The van der Waals surface area contributed by atoms with Gasteiger partial charge in [0.05, 0.1) is 0 Å². The molecule has 0 unspecified atom stereocenters. The number of hydrogen-bond acceptors (Lipinski definition) is 0. The van der Waals surface area contributed by atoms with Gasteiger partial charge in [-0.3, -0.25) is 0 Å². The van der Waals surface area contributed by atoms with Crippen molar-refractivity contribution in [3.8, 4) is 4.53 Å². The molecule has 0 bridgehead atoms. The molecule has 0 radical (unpaired) electrons.